The first-order valence-corrected chi connectivity index (χ1v) is 11.9. The summed E-state index contributed by atoms with van der Waals surface area (Å²) in [6, 6.07) is 15.2. The number of nitrogens with zero attached hydrogens (tertiary/aromatic N) is 1. The Labute approximate surface area is 190 Å². The molecule has 1 heterocycles. The van der Waals surface area contributed by atoms with Crippen LogP contribution in [0.4, 0.5) is 5.69 Å². The number of anilines is 1. The number of nitrogens with two attached hydrogens (primary N) is 1. The molecule has 0 unspecified atom stereocenters. The van der Waals surface area contributed by atoms with Gasteiger partial charge in [-0.2, -0.15) is 0 Å². The molecule has 10 heteroatoms. The summed E-state index contributed by atoms with van der Waals surface area (Å²) >= 11 is 6.47. The van der Waals surface area contributed by atoms with Gasteiger partial charge in [0, 0.05) is 18.7 Å². The lowest BCUT2D eigenvalue weighted by molar-refractivity contribution is -0.122. The molecule has 2 aromatic rings. The van der Waals surface area contributed by atoms with Gasteiger partial charge in [-0.3, -0.25) is 14.5 Å². The number of hydrogen-bond acceptors (Lipinski definition) is 6. The molecule has 2 amide bonds. The Morgan fingerprint density at radius 3 is 2.45 bits per heavy atom. The van der Waals surface area contributed by atoms with E-state index in [1.807, 2.05) is 36.4 Å². The fourth-order valence-corrected chi connectivity index (χ4v) is 4.46. The summed E-state index contributed by atoms with van der Waals surface area (Å²) in [4.78, 5) is 26.6. The largest absolute Gasteiger partial charge is 0.326 e. The highest BCUT2D eigenvalue weighted by atomic mass is 32.2. The van der Waals surface area contributed by atoms with Gasteiger partial charge in [0.05, 0.1) is 9.80 Å². The number of amides is 2. The number of nitrogens with one attached hydrogen (secondary N) is 1. The molecule has 3 N–H and O–H groups in total. The minimum absolute atomic E-state index is 0.0382. The van der Waals surface area contributed by atoms with E-state index < -0.39 is 10.0 Å². The first kappa shape index (κ1) is 22.9. The maximum absolute atomic E-state index is 12.6. The van der Waals surface area contributed by atoms with E-state index in [4.69, 9.17) is 17.4 Å². The van der Waals surface area contributed by atoms with Gasteiger partial charge in [-0.15, -0.1) is 0 Å². The first-order chi connectivity index (χ1) is 14.7. The molecular formula is C21H19N3O4S3. The van der Waals surface area contributed by atoms with Crippen molar-refractivity contribution in [2.45, 2.75) is 11.3 Å². The van der Waals surface area contributed by atoms with Crippen molar-refractivity contribution in [1.82, 2.24) is 4.90 Å². The van der Waals surface area contributed by atoms with E-state index in [0.29, 0.717) is 14.9 Å². The standard InChI is InChI=1S/C21H19N3O4S3/c22-31(27,28)17-11-9-16(10-12-17)23-19(25)13-14-24-20(26)18(30-21(24)29)8-4-7-15-5-2-1-3-6-15/h1-12H,13-14H2,(H,23,25)(H2,22,27,28). The molecule has 1 aliphatic rings. The monoisotopic (exact) mass is 473 g/mol. The number of allylic oxidation sites excluding steroid dienone is 2. The van der Waals surface area contributed by atoms with Crippen molar-refractivity contribution in [2.75, 3.05) is 11.9 Å². The molecule has 0 bridgehead atoms. The van der Waals surface area contributed by atoms with Crippen molar-refractivity contribution in [2.24, 2.45) is 5.14 Å². The second kappa shape index (κ2) is 10.0. The molecule has 0 radical (unpaired) electrons. The summed E-state index contributed by atoms with van der Waals surface area (Å²) < 4.78 is 22.9. The third-order valence-corrected chi connectivity index (χ3v) is 6.56. The number of carbonyl (C=O) groups is 2. The van der Waals surface area contributed by atoms with E-state index in [1.54, 1.807) is 12.2 Å². The lowest BCUT2D eigenvalue weighted by atomic mass is 10.2. The van der Waals surface area contributed by atoms with Crippen LogP contribution in [-0.2, 0) is 19.6 Å². The molecule has 0 aromatic heterocycles. The fourth-order valence-electron chi connectivity index (χ4n) is 2.68. The molecule has 0 aliphatic carbocycles. The number of sulfonamides is 1. The zero-order valence-corrected chi connectivity index (χ0v) is 18.7. The number of thioether (sulfide) groups is 1. The van der Waals surface area contributed by atoms with E-state index in [0.717, 1.165) is 5.56 Å². The molecule has 1 saturated heterocycles. The van der Waals surface area contributed by atoms with Gasteiger partial charge in [0.1, 0.15) is 4.32 Å². The van der Waals surface area contributed by atoms with Crippen molar-refractivity contribution < 1.29 is 18.0 Å². The smallest absolute Gasteiger partial charge is 0.266 e. The lowest BCUT2D eigenvalue weighted by Crippen LogP contribution is -2.31. The van der Waals surface area contributed by atoms with Crippen LogP contribution in [0.25, 0.3) is 6.08 Å². The zero-order valence-electron chi connectivity index (χ0n) is 16.2. The third kappa shape index (κ3) is 6.34. The number of hydrogen-bond donors (Lipinski definition) is 2. The van der Waals surface area contributed by atoms with Gasteiger partial charge in [-0.25, -0.2) is 13.6 Å². The fraction of sp³-hybridized carbons (Fsp3) is 0.0952. The molecule has 160 valence electrons. The number of benzene rings is 2. The van der Waals surface area contributed by atoms with Gasteiger partial charge in [0.15, 0.2) is 0 Å². The Kier molecular flexibility index (Phi) is 7.39. The minimum atomic E-state index is -3.79. The van der Waals surface area contributed by atoms with Crippen molar-refractivity contribution in [3.05, 3.63) is 77.2 Å². The van der Waals surface area contributed by atoms with Crippen LogP contribution in [0.2, 0.25) is 0 Å². The summed E-state index contributed by atoms with van der Waals surface area (Å²) in [5, 5.41) is 7.70. The predicted octanol–water partition coefficient (Wildman–Crippen LogP) is 3.12. The second-order valence-electron chi connectivity index (χ2n) is 6.49. The summed E-state index contributed by atoms with van der Waals surface area (Å²) in [6.07, 6.45) is 5.43. The third-order valence-electron chi connectivity index (χ3n) is 4.24. The Morgan fingerprint density at radius 2 is 1.81 bits per heavy atom. The van der Waals surface area contributed by atoms with Crippen LogP contribution in [0, 0.1) is 0 Å². The summed E-state index contributed by atoms with van der Waals surface area (Å²) in [5.74, 6) is -0.566. The highest BCUT2D eigenvalue weighted by Gasteiger charge is 2.31. The SMILES string of the molecule is NS(=O)(=O)c1ccc(NC(=O)CCN2C(=O)C(=CC=Cc3ccccc3)SC2=S)cc1. The topological polar surface area (TPSA) is 110 Å². The van der Waals surface area contributed by atoms with Gasteiger partial charge in [0.2, 0.25) is 15.9 Å². The Balaban J connectivity index is 1.54. The van der Waals surface area contributed by atoms with Crippen molar-refractivity contribution in [3.63, 3.8) is 0 Å². The molecule has 3 rings (SSSR count). The van der Waals surface area contributed by atoms with E-state index in [1.165, 1.54) is 40.9 Å². The van der Waals surface area contributed by atoms with Crippen LogP contribution in [0.1, 0.15) is 12.0 Å². The van der Waals surface area contributed by atoms with Crippen LogP contribution < -0.4 is 10.5 Å². The van der Waals surface area contributed by atoms with Gasteiger partial charge in [-0.1, -0.05) is 66.5 Å². The Hall–Kier alpha value is -2.79. The number of carbonyl (C=O) groups excluding carboxylic acids is 2. The zero-order chi connectivity index (χ0) is 22.4. The lowest BCUT2D eigenvalue weighted by Gasteiger charge is -2.14. The highest BCUT2D eigenvalue weighted by Crippen LogP contribution is 2.31. The molecule has 7 nitrogen and oxygen atoms in total. The summed E-state index contributed by atoms with van der Waals surface area (Å²) in [5.41, 5.74) is 1.44. The normalized spacial score (nSPS) is 15.8. The minimum Gasteiger partial charge on any atom is -0.326 e. The summed E-state index contributed by atoms with van der Waals surface area (Å²) in [6.45, 7) is 0.144. The molecule has 0 atom stereocenters. The van der Waals surface area contributed by atoms with Crippen LogP contribution in [-0.4, -0.2) is 36.0 Å². The maximum Gasteiger partial charge on any atom is 0.266 e. The van der Waals surface area contributed by atoms with Gasteiger partial charge in [-0.05, 0) is 35.9 Å². The van der Waals surface area contributed by atoms with Gasteiger partial charge in [0.25, 0.3) is 5.91 Å². The summed E-state index contributed by atoms with van der Waals surface area (Å²) in [7, 11) is -3.79. The molecular weight excluding hydrogens is 454 g/mol. The van der Waals surface area contributed by atoms with Crippen molar-refractivity contribution >= 4 is 61.9 Å². The van der Waals surface area contributed by atoms with E-state index >= 15 is 0 Å². The quantitative estimate of drug-likeness (QED) is 0.472. The van der Waals surface area contributed by atoms with Crippen LogP contribution in [0.3, 0.4) is 0 Å². The van der Waals surface area contributed by atoms with Crippen LogP contribution >= 0.6 is 24.0 Å². The van der Waals surface area contributed by atoms with Crippen molar-refractivity contribution in [3.8, 4) is 0 Å². The Morgan fingerprint density at radius 1 is 1.13 bits per heavy atom. The van der Waals surface area contributed by atoms with E-state index in [-0.39, 0.29) is 29.7 Å². The van der Waals surface area contributed by atoms with Crippen LogP contribution in [0.5, 0.6) is 0 Å². The molecule has 2 aromatic carbocycles. The van der Waals surface area contributed by atoms with E-state index in [2.05, 4.69) is 5.32 Å². The first-order valence-electron chi connectivity index (χ1n) is 9.14. The number of rotatable bonds is 7. The molecule has 0 saturated carbocycles. The number of thiocarbonyl (C=S) groups is 1. The van der Waals surface area contributed by atoms with Crippen LogP contribution in [0.15, 0.2) is 76.5 Å². The predicted molar refractivity (Wildman–Crippen MR) is 127 cm³/mol. The average molecular weight is 474 g/mol. The number of primary sulfonamides is 1. The molecule has 1 fully saturated rings. The maximum atomic E-state index is 12.6. The van der Waals surface area contributed by atoms with E-state index in [9.17, 15) is 18.0 Å². The Bertz CT molecular complexity index is 1160. The molecule has 1 aliphatic heterocycles. The van der Waals surface area contributed by atoms with Gasteiger partial charge < -0.3 is 5.32 Å². The average Bonchev–Trinajstić information content (AvgIpc) is 3.00. The van der Waals surface area contributed by atoms with Crippen molar-refractivity contribution in [1.29, 1.82) is 0 Å². The van der Waals surface area contributed by atoms with Gasteiger partial charge >= 0.3 is 0 Å². The highest BCUT2D eigenvalue weighted by molar-refractivity contribution is 8.26. The molecule has 0 spiro atoms. The second-order valence-corrected chi connectivity index (χ2v) is 9.73. The molecule has 31 heavy (non-hydrogen) atoms.